The summed E-state index contributed by atoms with van der Waals surface area (Å²) in [7, 11) is 0. The van der Waals surface area contributed by atoms with Gasteiger partial charge in [-0.1, -0.05) is 55.0 Å². The first-order valence-electron chi connectivity index (χ1n) is 8.40. The fourth-order valence-corrected chi connectivity index (χ4v) is 3.31. The monoisotopic (exact) mass is 344 g/mol. The van der Waals surface area contributed by atoms with Crippen molar-refractivity contribution in [2.45, 2.75) is 38.1 Å². The van der Waals surface area contributed by atoms with Crippen molar-refractivity contribution in [2.75, 3.05) is 5.32 Å². The van der Waals surface area contributed by atoms with Gasteiger partial charge in [0, 0.05) is 17.6 Å². The van der Waals surface area contributed by atoms with Crippen molar-refractivity contribution >= 4 is 24.0 Å². The van der Waals surface area contributed by atoms with Crippen LogP contribution in [-0.4, -0.2) is 11.9 Å². The third-order valence-corrected chi connectivity index (χ3v) is 4.60. The fourth-order valence-electron chi connectivity index (χ4n) is 3.31. The van der Waals surface area contributed by atoms with Crippen LogP contribution in [0.15, 0.2) is 54.6 Å². The van der Waals surface area contributed by atoms with Crippen LogP contribution in [0.4, 0.5) is 5.69 Å². The maximum absolute atomic E-state index is 12.6. The summed E-state index contributed by atoms with van der Waals surface area (Å²) >= 11 is 0. The molecule has 1 amide bonds. The van der Waals surface area contributed by atoms with Crippen LogP contribution in [0.3, 0.4) is 0 Å². The Labute approximate surface area is 150 Å². The summed E-state index contributed by atoms with van der Waals surface area (Å²) in [6, 6.07) is 18.5. The van der Waals surface area contributed by atoms with Gasteiger partial charge in [0.2, 0.25) is 5.91 Å². The van der Waals surface area contributed by atoms with E-state index in [1.165, 1.54) is 5.56 Å². The summed E-state index contributed by atoms with van der Waals surface area (Å²) in [5.74, 6) is 0.157. The van der Waals surface area contributed by atoms with E-state index < -0.39 is 0 Å². The van der Waals surface area contributed by atoms with Crippen molar-refractivity contribution < 1.29 is 4.79 Å². The van der Waals surface area contributed by atoms with Gasteiger partial charge in [-0.2, -0.15) is 0 Å². The zero-order valence-electron chi connectivity index (χ0n) is 13.8. The Morgan fingerprint density at radius 3 is 2.50 bits per heavy atom. The molecule has 2 aromatic carbocycles. The lowest BCUT2D eigenvalue weighted by molar-refractivity contribution is -0.120. The topological polar surface area (TPSA) is 55.1 Å². The van der Waals surface area contributed by atoms with E-state index in [2.05, 4.69) is 23.5 Å². The zero-order chi connectivity index (χ0) is 16.1. The summed E-state index contributed by atoms with van der Waals surface area (Å²) in [5, 5.41) is 3.13. The Kier molecular flexibility index (Phi) is 6.83. The van der Waals surface area contributed by atoms with E-state index in [1.54, 1.807) is 0 Å². The van der Waals surface area contributed by atoms with Crippen LogP contribution in [0.25, 0.3) is 0 Å². The Balaban J connectivity index is 0.00000208. The SMILES string of the molecule is Cl.NC1CCCC(C(=O)Nc2ccccc2Cc2ccccc2)C1. The molecule has 0 spiro atoms. The van der Waals surface area contributed by atoms with Gasteiger partial charge in [-0.15, -0.1) is 12.4 Å². The predicted molar refractivity (Wildman–Crippen MR) is 102 cm³/mol. The van der Waals surface area contributed by atoms with Gasteiger partial charge >= 0.3 is 0 Å². The predicted octanol–water partition coefficient (Wildman–Crippen LogP) is 4.16. The number of hydrogen-bond acceptors (Lipinski definition) is 2. The first-order valence-corrected chi connectivity index (χ1v) is 8.40. The molecule has 24 heavy (non-hydrogen) atoms. The van der Waals surface area contributed by atoms with Gasteiger partial charge in [-0.25, -0.2) is 0 Å². The highest BCUT2D eigenvalue weighted by Crippen LogP contribution is 2.26. The number of carbonyl (C=O) groups excluding carboxylic acids is 1. The lowest BCUT2D eigenvalue weighted by Gasteiger charge is -2.26. The summed E-state index contributed by atoms with van der Waals surface area (Å²) < 4.78 is 0. The number of para-hydroxylation sites is 1. The van der Waals surface area contributed by atoms with Crippen molar-refractivity contribution in [1.29, 1.82) is 0 Å². The Bertz CT molecular complexity index is 660. The minimum Gasteiger partial charge on any atom is -0.328 e. The number of amides is 1. The molecule has 0 saturated heterocycles. The van der Waals surface area contributed by atoms with Crippen molar-refractivity contribution in [1.82, 2.24) is 0 Å². The Morgan fingerprint density at radius 2 is 1.75 bits per heavy atom. The number of nitrogens with one attached hydrogen (secondary N) is 1. The molecule has 128 valence electrons. The van der Waals surface area contributed by atoms with Crippen molar-refractivity contribution in [3.63, 3.8) is 0 Å². The molecule has 2 aromatic rings. The minimum atomic E-state index is 0. The van der Waals surface area contributed by atoms with Crippen molar-refractivity contribution in [3.8, 4) is 0 Å². The summed E-state index contributed by atoms with van der Waals surface area (Å²) in [5.41, 5.74) is 9.32. The molecule has 1 aliphatic rings. The third-order valence-electron chi connectivity index (χ3n) is 4.60. The molecular formula is C20H25ClN2O. The number of anilines is 1. The molecule has 1 saturated carbocycles. The lowest BCUT2D eigenvalue weighted by atomic mass is 9.85. The summed E-state index contributed by atoms with van der Waals surface area (Å²) in [4.78, 5) is 12.6. The standard InChI is InChI=1S/C20H24N2O.ClH/c21-18-11-6-10-17(14-18)20(23)22-19-12-5-4-9-16(19)13-15-7-2-1-3-8-15;/h1-5,7-9,12,17-18H,6,10-11,13-14,21H2,(H,22,23);1H. The van der Waals surface area contributed by atoms with Gasteiger partial charge in [-0.05, 0) is 42.9 Å². The van der Waals surface area contributed by atoms with Crippen LogP contribution < -0.4 is 11.1 Å². The maximum atomic E-state index is 12.6. The molecule has 0 radical (unpaired) electrons. The normalized spacial score (nSPS) is 20.0. The van der Waals surface area contributed by atoms with E-state index in [0.29, 0.717) is 0 Å². The zero-order valence-corrected chi connectivity index (χ0v) is 14.6. The number of rotatable bonds is 4. The number of hydrogen-bond donors (Lipinski definition) is 2. The molecule has 3 N–H and O–H groups in total. The van der Waals surface area contributed by atoms with Gasteiger partial charge in [0.1, 0.15) is 0 Å². The van der Waals surface area contributed by atoms with Crippen LogP contribution >= 0.6 is 12.4 Å². The first-order chi connectivity index (χ1) is 11.2. The van der Waals surface area contributed by atoms with Crippen molar-refractivity contribution in [2.24, 2.45) is 11.7 Å². The lowest BCUT2D eigenvalue weighted by Crippen LogP contribution is -2.34. The average molecular weight is 345 g/mol. The Hall–Kier alpha value is -1.84. The highest BCUT2D eigenvalue weighted by Gasteiger charge is 2.25. The van der Waals surface area contributed by atoms with Crippen LogP contribution in [-0.2, 0) is 11.2 Å². The van der Waals surface area contributed by atoms with E-state index in [4.69, 9.17) is 5.73 Å². The molecule has 0 aromatic heterocycles. The number of carbonyl (C=O) groups is 1. The second-order valence-corrected chi connectivity index (χ2v) is 6.43. The molecule has 2 unspecified atom stereocenters. The fraction of sp³-hybridized carbons (Fsp3) is 0.350. The number of nitrogens with two attached hydrogens (primary N) is 1. The van der Waals surface area contributed by atoms with E-state index in [9.17, 15) is 4.79 Å². The summed E-state index contributed by atoms with van der Waals surface area (Å²) in [6.07, 6.45) is 4.65. The largest absolute Gasteiger partial charge is 0.328 e. The second-order valence-electron chi connectivity index (χ2n) is 6.43. The molecule has 0 heterocycles. The number of halogens is 1. The molecule has 0 bridgehead atoms. The molecule has 2 atom stereocenters. The molecule has 1 fully saturated rings. The third kappa shape index (κ3) is 4.83. The Morgan fingerprint density at radius 1 is 1.04 bits per heavy atom. The average Bonchev–Trinajstić information content (AvgIpc) is 2.57. The smallest absolute Gasteiger partial charge is 0.227 e. The molecule has 3 nitrogen and oxygen atoms in total. The van der Waals surface area contributed by atoms with Crippen LogP contribution in [0, 0.1) is 5.92 Å². The van der Waals surface area contributed by atoms with Crippen molar-refractivity contribution in [3.05, 3.63) is 65.7 Å². The highest BCUT2D eigenvalue weighted by atomic mass is 35.5. The minimum absolute atomic E-state index is 0. The number of benzene rings is 2. The van der Waals surface area contributed by atoms with E-state index >= 15 is 0 Å². The summed E-state index contributed by atoms with van der Waals surface area (Å²) in [6.45, 7) is 0. The van der Waals surface area contributed by atoms with Crippen LogP contribution in [0.2, 0.25) is 0 Å². The van der Waals surface area contributed by atoms with E-state index in [-0.39, 0.29) is 30.3 Å². The second kappa shape index (κ2) is 8.86. The first kappa shape index (κ1) is 18.5. The van der Waals surface area contributed by atoms with Gasteiger partial charge in [0.25, 0.3) is 0 Å². The van der Waals surface area contributed by atoms with Gasteiger partial charge in [0.15, 0.2) is 0 Å². The van der Waals surface area contributed by atoms with Crippen LogP contribution in [0.1, 0.15) is 36.8 Å². The van der Waals surface area contributed by atoms with Gasteiger partial charge in [-0.3, -0.25) is 4.79 Å². The molecule has 4 heteroatoms. The molecule has 1 aliphatic carbocycles. The maximum Gasteiger partial charge on any atom is 0.227 e. The van der Waals surface area contributed by atoms with E-state index in [0.717, 1.165) is 43.4 Å². The van der Waals surface area contributed by atoms with Gasteiger partial charge in [0.05, 0.1) is 0 Å². The van der Waals surface area contributed by atoms with Gasteiger partial charge < -0.3 is 11.1 Å². The molecule has 3 rings (SSSR count). The quantitative estimate of drug-likeness (QED) is 0.875. The van der Waals surface area contributed by atoms with E-state index in [1.807, 2.05) is 36.4 Å². The molecule has 0 aliphatic heterocycles. The van der Waals surface area contributed by atoms with Crippen LogP contribution in [0.5, 0.6) is 0 Å². The highest BCUT2D eigenvalue weighted by molar-refractivity contribution is 5.93. The molecular weight excluding hydrogens is 320 g/mol.